The van der Waals surface area contributed by atoms with E-state index >= 15 is 0 Å². The third kappa shape index (κ3) is 4.72. The zero-order valence-electron chi connectivity index (χ0n) is 13.8. The Bertz CT molecular complexity index is 896. The van der Waals surface area contributed by atoms with Gasteiger partial charge < -0.3 is 4.74 Å². The maximum Gasteiger partial charge on any atom is 0.416 e. The highest BCUT2D eigenvalue weighted by Gasteiger charge is 2.31. The van der Waals surface area contributed by atoms with Crippen LogP contribution in [0.3, 0.4) is 0 Å². The fraction of sp³-hybridized carbons (Fsp3) is 0.250. The Morgan fingerprint density at radius 2 is 1.92 bits per heavy atom. The molecule has 1 aromatic carbocycles. The molecule has 0 aliphatic rings. The van der Waals surface area contributed by atoms with Gasteiger partial charge in [0.25, 0.3) is 0 Å². The topological polar surface area (TPSA) is 76.6 Å². The van der Waals surface area contributed by atoms with Gasteiger partial charge in [0.1, 0.15) is 0 Å². The molecule has 0 aliphatic heterocycles. The van der Waals surface area contributed by atoms with Crippen LogP contribution in [0.4, 0.5) is 18.9 Å². The Morgan fingerprint density at radius 1 is 1.23 bits per heavy atom. The molecular formula is C16H15F3N2O4S. The number of hydrogen-bond acceptors (Lipinski definition) is 5. The molecular weight excluding hydrogens is 373 g/mol. The van der Waals surface area contributed by atoms with Crippen molar-refractivity contribution in [3.63, 3.8) is 0 Å². The highest BCUT2D eigenvalue weighted by atomic mass is 32.2. The Labute approximate surface area is 148 Å². The van der Waals surface area contributed by atoms with E-state index in [1.54, 1.807) is 0 Å². The van der Waals surface area contributed by atoms with Crippen LogP contribution in [-0.4, -0.2) is 32.7 Å². The van der Waals surface area contributed by atoms with Crippen LogP contribution in [0.15, 0.2) is 42.6 Å². The third-order valence-corrected chi connectivity index (χ3v) is 4.55. The van der Waals surface area contributed by atoms with E-state index in [4.69, 9.17) is 0 Å². The van der Waals surface area contributed by atoms with Gasteiger partial charge in [0, 0.05) is 6.20 Å². The number of rotatable bonds is 5. The molecule has 6 nitrogen and oxygen atoms in total. The number of halogens is 3. The smallest absolute Gasteiger partial charge is 0.416 e. The number of hydrogen-bond donors (Lipinski definition) is 0. The molecule has 0 N–H and O–H groups in total. The molecule has 2 rings (SSSR count). The molecule has 26 heavy (non-hydrogen) atoms. The van der Waals surface area contributed by atoms with Gasteiger partial charge >= 0.3 is 12.1 Å². The van der Waals surface area contributed by atoms with Crippen LogP contribution in [0.1, 0.15) is 21.6 Å². The summed E-state index contributed by atoms with van der Waals surface area (Å²) >= 11 is 0. The Kier molecular flexibility index (Phi) is 5.55. The van der Waals surface area contributed by atoms with Crippen molar-refractivity contribution < 1.29 is 31.1 Å². The monoisotopic (exact) mass is 388 g/mol. The number of benzene rings is 1. The van der Waals surface area contributed by atoms with Crippen molar-refractivity contribution in [3.8, 4) is 0 Å². The molecule has 0 radical (unpaired) electrons. The van der Waals surface area contributed by atoms with Gasteiger partial charge in [-0.05, 0) is 30.3 Å². The second-order valence-electron chi connectivity index (χ2n) is 5.35. The molecule has 140 valence electrons. The second-order valence-corrected chi connectivity index (χ2v) is 7.25. The number of carbonyl (C=O) groups is 1. The number of ether oxygens (including phenoxy) is 1. The predicted octanol–water partition coefficient (Wildman–Crippen LogP) is 2.85. The number of anilines is 1. The van der Waals surface area contributed by atoms with Gasteiger partial charge in [0.2, 0.25) is 10.0 Å². The lowest BCUT2D eigenvalue weighted by molar-refractivity contribution is -0.137. The van der Waals surface area contributed by atoms with Crippen molar-refractivity contribution in [2.24, 2.45) is 0 Å². The third-order valence-electron chi connectivity index (χ3n) is 3.41. The van der Waals surface area contributed by atoms with Crippen molar-refractivity contribution in [1.29, 1.82) is 0 Å². The van der Waals surface area contributed by atoms with Crippen LogP contribution in [0.2, 0.25) is 0 Å². The van der Waals surface area contributed by atoms with Crippen LogP contribution in [0, 0.1) is 0 Å². The van der Waals surface area contributed by atoms with Crippen molar-refractivity contribution in [3.05, 3.63) is 59.4 Å². The van der Waals surface area contributed by atoms with Gasteiger partial charge in [-0.2, -0.15) is 13.2 Å². The van der Waals surface area contributed by atoms with Crippen LogP contribution in [0.25, 0.3) is 0 Å². The summed E-state index contributed by atoms with van der Waals surface area (Å²) in [6.07, 6.45) is -2.51. The predicted molar refractivity (Wildman–Crippen MR) is 88.0 cm³/mol. The highest BCUT2D eigenvalue weighted by molar-refractivity contribution is 7.92. The lowest BCUT2D eigenvalue weighted by Gasteiger charge is -2.23. The number of carbonyl (C=O) groups excluding carboxylic acids is 1. The summed E-state index contributed by atoms with van der Waals surface area (Å²) in [6, 6.07) is 6.79. The first-order valence-corrected chi connectivity index (χ1v) is 9.05. The van der Waals surface area contributed by atoms with E-state index in [0.29, 0.717) is 0 Å². The van der Waals surface area contributed by atoms with E-state index in [9.17, 15) is 26.4 Å². The number of pyridine rings is 1. The van der Waals surface area contributed by atoms with Crippen LogP contribution < -0.4 is 4.31 Å². The minimum Gasteiger partial charge on any atom is -0.465 e. The Balaban J connectivity index is 2.37. The highest BCUT2D eigenvalue weighted by Crippen LogP contribution is 2.32. The standard InChI is InChI=1S/C16H15F3N2O4S/c1-25-15(22)11-6-7-13(20-9-11)10-21(26(2,23)24)14-5-3-4-12(8-14)16(17,18)19/h3-9H,10H2,1-2H3. The van der Waals surface area contributed by atoms with Gasteiger partial charge in [0.15, 0.2) is 0 Å². The molecule has 0 atom stereocenters. The lowest BCUT2D eigenvalue weighted by Crippen LogP contribution is -2.30. The SMILES string of the molecule is COC(=O)c1ccc(CN(c2cccc(C(F)(F)F)c2)S(C)(=O)=O)nc1. The summed E-state index contributed by atoms with van der Waals surface area (Å²) in [5.41, 5.74) is -0.680. The fourth-order valence-corrected chi connectivity index (χ4v) is 3.00. The number of aromatic nitrogens is 1. The molecule has 1 aromatic heterocycles. The molecule has 0 amide bonds. The van der Waals surface area contributed by atoms with Gasteiger partial charge in [-0.1, -0.05) is 6.07 Å². The van der Waals surface area contributed by atoms with Gasteiger partial charge in [-0.3, -0.25) is 9.29 Å². The Morgan fingerprint density at radius 3 is 2.42 bits per heavy atom. The number of nitrogens with zero attached hydrogens (tertiary/aromatic N) is 2. The molecule has 0 unspecified atom stereocenters. The van der Waals surface area contributed by atoms with Crippen LogP contribution in [-0.2, 0) is 27.5 Å². The van der Waals surface area contributed by atoms with Crippen LogP contribution in [0.5, 0.6) is 0 Å². The molecule has 0 spiro atoms. The quantitative estimate of drug-likeness (QED) is 0.737. The average Bonchev–Trinajstić information content (AvgIpc) is 2.58. The maximum absolute atomic E-state index is 12.9. The average molecular weight is 388 g/mol. The summed E-state index contributed by atoms with van der Waals surface area (Å²) in [4.78, 5) is 15.4. The first-order chi connectivity index (χ1) is 12.0. The van der Waals surface area contributed by atoms with E-state index < -0.39 is 27.7 Å². The van der Waals surface area contributed by atoms with E-state index in [2.05, 4.69) is 9.72 Å². The summed E-state index contributed by atoms with van der Waals surface area (Å²) in [5, 5.41) is 0. The number of alkyl halides is 3. The molecule has 0 saturated carbocycles. The number of methoxy groups -OCH3 is 1. The number of esters is 1. The minimum absolute atomic E-state index is 0.138. The van der Waals surface area contributed by atoms with E-state index in [-0.39, 0.29) is 23.5 Å². The summed E-state index contributed by atoms with van der Waals surface area (Å²) in [7, 11) is -2.67. The summed E-state index contributed by atoms with van der Waals surface area (Å²) in [5.74, 6) is -0.609. The Hall–Kier alpha value is -2.62. The van der Waals surface area contributed by atoms with Gasteiger partial charge in [-0.25, -0.2) is 13.2 Å². The normalized spacial score (nSPS) is 11.9. The summed E-state index contributed by atoms with van der Waals surface area (Å²) < 4.78 is 68.1. The van der Waals surface area contributed by atoms with E-state index in [0.717, 1.165) is 28.8 Å². The number of sulfonamides is 1. The first kappa shape index (κ1) is 19.7. The fourth-order valence-electron chi connectivity index (χ4n) is 2.14. The minimum atomic E-state index is -4.60. The maximum atomic E-state index is 12.9. The molecule has 0 saturated heterocycles. The largest absolute Gasteiger partial charge is 0.465 e. The molecule has 0 fully saturated rings. The first-order valence-electron chi connectivity index (χ1n) is 7.20. The molecule has 0 bridgehead atoms. The van der Waals surface area contributed by atoms with E-state index in [1.807, 2.05) is 0 Å². The molecule has 0 aliphatic carbocycles. The van der Waals surface area contributed by atoms with Crippen molar-refractivity contribution in [1.82, 2.24) is 4.98 Å². The van der Waals surface area contributed by atoms with Crippen molar-refractivity contribution in [2.75, 3.05) is 17.7 Å². The molecule has 1 heterocycles. The van der Waals surface area contributed by atoms with Gasteiger partial charge in [-0.15, -0.1) is 0 Å². The van der Waals surface area contributed by atoms with Gasteiger partial charge in [0.05, 0.1) is 42.4 Å². The van der Waals surface area contributed by atoms with Crippen molar-refractivity contribution in [2.45, 2.75) is 12.7 Å². The molecule has 2 aromatic rings. The van der Waals surface area contributed by atoms with E-state index in [1.165, 1.54) is 31.5 Å². The zero-order chi connectivity index (χ0) is 19.5. The zero-order valence-corrected chi connectivity index (χ0v) is 14.6. The second kappa shape index (κ2) is 7.32. The van der Waals surface area contributed by atoms with Crippen LogP contribution >= 0.6 is 0 Å². The lowest BCUT2D eigenvalue weighted by atomic mass is 10.2. The van der Waals surface area contributed by atoms with Crippen molar-refractivity contribution >= 4 is 21.7 Å². The summed E-state index contributed by atoms with van der Waals surface area (Å²) in [6.45, 7) is -0.290. The molecule has 10 heteroatoms.